The number of ether oxygens (including phenoxy) is 8. The van der Waals surface area contributed by atoms with Crippen molar-refractivity contribution in [3.63, 3.8) is 0 Å². The number of nitrogens with zero attached hydrogens (tertiary/aromatic N) is 13. The Morgan fingerprint density at radius 2 is 1.34 bits per heavy atom. The number of amides is 4. The van der Waals surface area contributed by atoms with Gasteiger partial charge in [0.25, 0.3) is 0 Å². The van der Waals surface area contributed by atoms with Crippen molar-refractivity contribution in [3.8, 4) is 28.7 Å². The third-order valence-electron chi connectivity index (χ3n) is 29.4. The Morgan fingerprint density at radius 1 is 0.720 bits per heavy atom. The van der Waals surface area contributed by atoms with E-state index in [2.05, 4.69) is 86.1 Å². The van der Waals surface area contributed by atoms with Crippen LogP contribution < -0.4 is 19.7 Å². The predicted molar refractivity (Wildman–Crippen MR) is 565 cm³/mol. The van der Waals surface area contributed by atoms with E-state index in [9.17, 15) is 54.1 Å². The first kappa shape index (κ1) is 109. The summed E-state index contributed by atoms with van der Waals surface area (Å²) in [5.74, 6) is -1.01. The number of alkyl carbamates (subject to hydrolysis) is 1. The zero-order valence-corrected chi connectivity index (χ0v) is 87.7. The molecular formula is C116H133ClN14O18S. The number of carbonyl (C=O) groups excluding carboxylic acids is 7. The van der Waals surface area contributed by atoms with Crippen molar-refractivity contribution in [2.45, 2.75) is 243 Å². The topological polar surface area (TPSA) is 392 Å². The summed E-state index contributed by atoms with van der Waals surface area (Å²) in [6.07, 6.45) is 8.78. The van der Waals surface area contributed by atoms with Gasteiger partial charge in [0.05, 0.1) is 97.8 Å². The first-order chi connectivity index (χ1) is 72.5. The molecule has 4 aliphatic heterocycles. The number of allylic oxidation sites excluding steroid dienone is 4. The molecule has 4 N–H and O–H groups in total. The van der Waals surface area contributed by atoms with Crippen molar-refractivity contribution in [2.75, 3.05) is 58.7 Å². The Hall–Kier alpha value is -13.2. The number of anilines is 1. The lowest BCUT2D eigenvalue weighted by Crippen LogP contribution is -2.63. The van der Waals surface area contributed by atoms with Crippen molar-refractivity contribution < 1.29 is 86.8 Å². The molecule has 4 fully saturated rings. The second kappa shape index (κ2) is 51.5. The van der Waals surface area contributed by atoms with Crippen LogP contribution in [0.5, 0.6) is 11.5 Å². The number of nitrogens with one attached hydrogen (secondary N) is 1. The second-order valence-electron chi connectivity index (χ2n) is 40.2. The molecule has 4 bridgehead atoms. The molecule has 5 aromatic carbocycles. The molecule has 1 saturated carbocycles. The molecule has 3 saturated heterocycles. The number of halogens is 1. The number of aliphatic hydroxyl groups excluding tert-OH is 2. The number of benzene rings is 5. The first-order valence-corrected chi connectivity index (χ1v) is 52.9. The number of esters is 2. The van der Waals surface area contributed by atoms with E-state index >= 15 is 0 Å². The van der Waals surface area contributed by atoms with E-state index in [1.807, 2.05) is 134 Å². The van der Waals surface area contributed by atoms with Gasteiger partial charge < -0.3 is 67.9 Å². The molecule has 15 atom stereocenters. The van der Waals surface area contributed by atoms with Gasteiger partial charge in [-0.3, -0.25) is 59.0 Å². The number of Topliss-reactive ketones (excluding diaryl/α,β-unsaturated/α-hetero) is 1. The molecule has 9 heterocycles. The number of likely N-dealkylation sites (N-methyl/N-ethyl adjacent to an activating group) is 1. The molecule has 4 amide bonds. The number of thioether (sulfide) groups is 1. The zero-order chi connectivity index (χ0) is 106. The molecule has 4 unspecified atom stereocenters. The van der Waals surface area contributed by atoms with Crippen LogP contribution in [0.15, 0.2) is 237 Å². The predicted octanol–water partition coefficient (Wildman–Crippen LogP) is 15.5. The molecule has 788 valence electrons. The van der Waals surface area contributed by atoms with Crippen LogP contribution in [0.2, 0.25) is 5.02 Å². The maximum absolute atomic E-state index is 14.6. The number of ketones is 1. The molecule has 32 nitrogen and oxygen atoms in total. The minimum atomic E-state index is -1.91. The number of rotatable bonds is 43. The van der Waals surface area contributed by atoms with E-state index in [-0.39, 0.29) is 98.4 Å². The molecule has 16 rings (SSSR count). The molecule has 0 radical (unpaired) electrons. The SMILES string of the molecule is COc1cc2cc(c1Cl)N(C)C(=O)C[C@H](OC(=O)[C@H](C)N(C)C(=O)CCS/C(=C\C#N)c1ccc(CC(=O)OCC3C4CCc5nnn(C[C@H]6O[C@H](CC(=O)CCCC(=O)N(CCCCOc7cc(CN(Cc8ccccn8)Cc8ccccn8)cc(CN(Cc8ccccn8)Cc8ccccn8)c7)Cc7ccc(-c8ccccc8)cc7)[C@H](O)[C@@H]6O)c5CCC43)cc1)[C@]1(C)O[C@H]1C(C)[C@@H]1C[C@@](O)(NC(=O)O1)[C@H](OC)/C=C/C=C(\C)C2. The third kappa shape index (κ3) is 28.9. The number of nitriles is 1. The number of pyridine rings is 4. The summed E-state index contributed by atoms with van der Waals surface area (Å²) in [7, 11) is 5.91. The van der Waals surface area contributed by atoms with E-state index in [0.29, 0.717) is 124 Å². The van der Waals surface area contributed by atoms with Gasteiger partial charge in [-0.25, -0.2) is 14.3 Å². The third-order valence-corrected chi connectivity index (χ3v) is 30.9. The van der Waals surface area contributed by atoms with E-state index in [1.165, 1.54) is 55.8 Å². The van der Waals surface area contributed by atoms with Gasteiger partial charge in [-0.15, -0.1) is 16.9 Å². The lowest BCUT2D eigenvalue weighted by Gasteiger charge is -2.42. The van der Waals surface area contributed by atoms with E-state index in [1.54, 1.807) is 74.1 Å². The fourth-order valence-electron chi connectivity index (χ4n) is 20.8. The summed E-state index contributed by atoms with van der Waals surface area (Å²) in [5.41, 5.74) is 10.9. The highest BCUT2D eigenvalue weighted by atomic mass is 35.5. The average molecular weight is 2080 g/mol. The Kier molecular flexibility index (Phi) is 37.6. The highest BCUT2D eigenvalue weighted by molar-refractivity contribution is 8.08. The molecular weight excluding hydrogens is 1940 g/mol. The van der Waals surface area contributed by atoms with Crippen LogP contribution in [-0.2, 0) is 135 Å². The van der Waals surface area contributed by atoms with Gasteiger partial charge >= 0.3 is 18.0 Å². The van der Waals surface area contributed by atoms with Gasteiger partial charge in [-0.2, -0.15) is 5.26 Å². The number of hydrogen-bond donors (Lipinski definition) is 4. The minimum Gasteiger partial charge on any atom is -0.495 e. The Morgan fingerprint density at radius 3 is 1.96 bits per heavy atom. The summed E-state index contributed by atoms with van der Waals surface area (Å²) in [5, 5.41) is 56.7. The van der Waals surface area contributed by atoms with Crippen molar-refractivity contribution >= 4 is 75.5 Å². The van der Waals surface area contributed by atoms with Crippen molar-refractivity contribution in [3.05, 3.63) is 309 Å². The molecule has 5 aromatic heterocycles. The van der Waals surface area contributed by atoms with E-state index in [4.69, 9.17) is 69.4 Å². The van der Waals surface area contributed by atoms with Crippen LogP contribution in [0, 0.1) is 35.0 Å². The number of fused-ring (bicyclic) bond motifs is 7. The fraction of sp³-hybridized carbons (Fsp3) is 0.431. The Labute approximate surface area is 884 Å². The van der Waals surface area contributed by atoms with Crippen molar-refractivity contribution in [1.82, 2.24) is 59.8 Å². The zero-order valence-electron chi connectivity index (χ0n) is 86.1. The molecule has 150 heavy (non-hydrogen) atoms. The van der Waals surface area contributed by atoms with Crippen molar-refractivity contribution in [1.29, 1.82) is 5.26 Å². The molecule has 10 aromatic rings. The van der Waals surface area contributed by atoms with Gasteiger partial charge in [0, 0.05) is 153 Å². The summed E-state index contributed by atoms with van der Waals surface area (Å²) in [4.78, 5) is 127. The highest BCUT2D eigenvalue weighted by Gasteiger charge is 2.65. The van der Waals surface area contributed by atoms with Crippen LogP contribution >= 0.6 is 23.4 Å². The second-order valence-corrected chi connectivity index (χ2v) is 41.7. The smallest absolute Gasteiger partial charge is 0.409 e. The van der Waals surface area contributed by atoms with Crippen LogP contribution in [0.1, 0.15) is 166 Å². The number of aromatic nitrogens is 7. The number of hydrogen-bond acceptors (Lipinski definition) is 28. The average Bonchev–Trinajstić information content (AvgIpc) is 1.44. The molecule has 34 heteroatoms. The molecule has 0 spiro atoms. The number of epoxide rings is 1. The van der Waals surface area contributed by atoms with E-state index in [0.717, 1.165) is 91.7 Å². The van der Waals surface area contributed by atoms with Gasteiger partial charge in [-0.05, 0) is 207 Å². The monoisotopic (exact) mass is 2080 g/mol. The molecule has 6 aliphatic rings. The number of aliphatic hydroxyl groups is 3. The summed E-state index contributed by atoms with van der Waals surface area (Å²) < 4.78 is 50.6. The first-order valence-electron chi connectivity index (χ1n) is 51.5. The number of methoxy groups -OCH3 is 2. The normalized spacial score (nSPS) is 23.4. The van der Waals surface area contributed by atoms with Crippen LogP contribution in [0.4, 0.5) is 10.5 Å². The van der Waals surface area contributed by atoms with Crippen molar-refractivity contribution in [2.24, 2.45) is 23.7 Å². The standard InChI is InChI=1S/C116H133ClN14O18S/c1-75-24-22-32-103(143-8)116(141)65-100(147-114(140)123-116)76(2)112-115(4,149-112)104(64-107(135)127(6)97-60-80(56-75)61-98(142-7)109(97)117)148-113(139)77(3)126(5)105(133)47-55-150-102(46-48-118)85-40-34-78(35-41-85)62-108(136)145-74-94-92-42-44-95-96(45-43-93(92)94)131(125-124-95)73-101-111(138)110(137)99(146-101)63-90(132)31-23-33-106(134)130(68-79-36-38-84(39-37-79)83-25-10-9-11-26-83)53-20-21-54-144-91-58-81(66-128(69-86-27-12-16-49-119-86)70-87-28-13-17-50-120-87)57-82(59-91)67-129(71-88-29-14-18-51-121-88)72-89-30-15-19-52-122-89/h9-19,22,24-30,32,34-41,46,49-52,57-61,76-77,92-94,99-101,103-104,110-112,137-138,141H,20-21,23,31,33,42-45,47,53-56,62-74H2,1-8H3,(H,123,140)/b32-22+,75-24+,102-46-/t76?,77-,92?,93?,94?,99+,100-,101+,103+,104-,110-,111+,112-,115-,116-/m0/s1. The fourth-order valence-corrected chi connectivity index (χ4v) is 22.1. The maximum Gasteiger partial charge on any atom is 0.409 e. The lowest BCUT2D eigenvalue weighted by atomic mass is 9.83. The number of carbonyl (C=O) groups is 7. The van der Waals surface area contributed by atoms with Crippen LogP contribution in [-0.4, -0.2) is 231 Å². The maximum atomic E-state index is 14.6. The number of unbranched alkanes of at least 4 members (excludes halogenated alkanes) is 1. The largest absolute Gasteiger partial charge is 0.495 e. The highest BCUT2D eigenvalue weighted by Crippen LogP contribution is 2.54. The van der Waals surface area contributed by atoms with Gasteiger partial charge in [0.1, 0.15) is 70.6 Å². The summed E-state index contributed by atoms with van der Waals surface area (Å²) >= 11 is 8.18. The Balaban J connectivity index is 0.480. The van der Waals surface area contributed by atoms with Gasteiger partial charge in [0.2, 0.25) is 17.7 Å². The minimum absolute atomic E-state index is 0.00541. The summed E-state index contributed by atoms with van der Waals surface area (Å²) in [6, 6.07) is 60.4. The van der Waals surface area contributed by atoms with E-state index < -0.39 is 102 Å². The summed E-state index contributed by atoms with van der Waals surface area (Å²) in [6.45, 7) is 12.0. The Bertz CT molecular complexity index is 6240. The van der Waals surface area contributed by atoms with Crippen LogP contribution in [0.25, 0.3) is 16.0 Å². The quantitative estimate of drug-likeness (QED) is 0.00906. The van der Waals surface area contributed by atoms with Gasteiger partial charge in [0.15, 0.2) is 5.72 Å². The number of aryl methyl sites for hydroxylation is 1. The van der Waals surface area contributed by atoms with Crippen LogP contribution in [0.3, 0.4) is 0 Å². The van der Waals surface area contributed by atoms with Gasteiger partial charge in [-0.1, -0.05) is 157 Å². The molecule has 2 aliphatic carbocycles. The lowest BCUT2D eigenvalue weighted by molar-refractivity contribution is -0.162.